The van der Waals surface area contributed by atoms with E-state index in [4.69, 9.17) is 0 Å². The van der Waals surface area contributed by atoms with Gasteiger partial charge in [0.1, 0.15) is 11.5 Å². The van der Waals surface area contributed by atoms with Crippen LogP contribution < -0.4 is 10.6 Å². The van der Waals surface area contributed by atoms with Crippen molar-refractivity contribution in [3.63, 3.8) is 0 Å². The third kappa shape index (κ3) is 3.91. The van der Waals surface area contributed by atoms with Crippen LogP contribution in [0.5, 0.6) is 0 Å². The second-order valence-corrected chi connectivity index (χ2v) is 5.25. The van der Waals surface area contributed by atoms with Crippen LogP contribution in [0, 0.1) is 5.92 Å². The molecule has 0 radical (unpaired) electrons. The summed E-state index contributed by atoms with van der Waals surface area (Å²) in [5.74, 6) is 1.37. The molecule has 5 heteroatoms. The molecule has 1 amide bonds. The molecular formula is C14H22N4O. The highest BCUT2D eigenvalue weighted by Gasteiger charge is 2.20. The van der Waals surface area contributed by atoms with Crippen LogP contribution in [-0.2, 0) is 0 Å². The lowest BCUT2D eigenvalue weighted by atomic mass is 9.87. The molecule has 1 fully saturated rings. The zero-order valence-electron chi connectivity index (χ0n) is 11.6. The highest BCUT2D eigenvalue weighted by atomic mass is 16.1. The molecule has 19 heavy (non-hydrogen) atoms. The van der Waals surface area contributed by atoms with Crippen LogP contribution in [0.1, 0.15) is 50.0 Å². The summed E-state index contributed by atoms with van der Waals surface area (Å²) in [6.07, 6.45) is 7.64. The van der Waals surface area contributed by atoms with Crippen LogP contribution in [0.2, 0.25) is 0 Å². The van der Waals surface area contributed by atoms with E-state index in [1.54, 1.807) is 6.20 Å². The van der Waals surface area contributed by atoms with Crippen molar-refractivity contribution in [1.29, 1.82) is 0 Å². The molecule has 2 N–H and O–H groups in total. The lowest BCUT2D eigenvalue weighted by molar-refractivity contribution is 0.0917. The van der Waals surface area contributed by atoms with Crippen molar-refractivity contribution < 1.29 is 4.79 Å². The fourth-order valence-corrected chi connectivity index (χ4v) is 2.38. The molecule has 0 unspecified atom stereocenters. The number of carbonyl (C=O) groups excluding carboxylic acids is 1. The minimum Gasteiger partial charge on any atom is -0.369 e. The lowest BCUT2D eigenvalue weighted by Gasteiger charge is -2.26. The molecule has 0 aliphatic heterocycles. The van der Waals surface area contributed by atoms with Gasteiger partial charge < -0.3 is 10.6 Å². The first-order valence-electron chi connectivity index (χ1n) is 7.05. The summed E-state index contributed by atoms with van der Waals surface area (Å²) in [7, 11) is 0. The van der Waals surface area contributed by atoms with Crippen molar-refractivity contribution in [3.8, 4) is 0 Å². The first-order chi connectivity index (χ1) is 9.19. The van der Waals surface area contributed by atoms with Crippen molar-refractivity contribution >= 4 is 11.7 Å². The van der Waals surface area contributed by atoms with Gasteiger partial charge in [-0.25, -0.2) is 9.97 Å². The van der Waals surface area contributed by atoms with Gasteiger partial charge in [-0.3, -0.25) is 4.79 Å². The average molecular weight is 262 g/mol. The number of rotatable bonds is 4. The zero-order chi connectivity index (χ0) is 13.7. The molecule has 1 heterocycles. The molecule has 1 aromatic rings. The molecule has 104 valence electrons. The summed E-state index contributed by atoms with van der Waals surface area (Å²) < 4.78 is 0. The SMILES string of the molecule is CCNc1cnc(C(=O)NC2CCC(C)CC2)cn1. The Morgan fingerprint density at radius 3 is 2.58 bits per heavy atom. The van der Waals surface area contributed by atoms with Crippen molar-refractivity contribution in [3.05, 3.63) is 18.1 Å². The largest absolute Gasteiger partial charge is 0.369 e. The van der Waals surface area contributed by atoms with E-state index in [0.717, 1.165) is 25.3 Å². The van der Waals surface area contributed by atoms with Gasteiger partial charge in [-0.2, -0.15) is 0 Å². The first kappa shape index (κ1) is 13.8. The van der Waals surface area contributed by atoms with Crippen molar-refractivity contribution in [2.45, 2.75) is 45.6 Å². The smallest absolute Gasteiger partial charge is 0.271 e. The molecule has 0 aromatic carbocycles. The lowest BCUT2D eigenvalue weighted by Crippen LogP contribution is -2.37. The Balaban J connectivity index is 1.88. The molecule has 1 aliphatic carbocycles. The number of carbonyl (C=O) groups is 1. The van der Waals surface area contributed by atoms with Gasteiger partial charge in [0.05, 0.1) is 12.4 Å². The third-order valence-corrected chi connectivity index (χ3v) is 3.59. The molecular weight excluding hydrogens is 240 g/mol. The molecule has 1 saturated carbocycles. The van der Waals surface area contributed by atoms with Gasteiger partial charge in [0.2, 0.25) is 0 Å². The van der Waals surface area contributed by atoms with E-state index in [9.17, 15) is 4.79 Å². The van der Waals surface area contributed by atoms with Gasteiger partial charge >= 0.3 is 0 Å². The van der Waals surface area contributed by atoms with Gasteiger partial charge in [0, 0.05) is 12.6 Å². The maximum absolute atomic E-state index is 12.0. The molecule has 0 bridgehead atoms. The van der Waals surface area contributed by atoms with E-state index in [1.165, 1.54) is 19.0 Å². The summed E-state index contributed by atoms with van der Waals surface area (Å²) in [6, 6.07) is 0.291. The second-order valence-electron chi connectivity index (χ2n) is 5.25. The summed E-state index contributed by atoms with van der Waals surface area (Å²) in [5, 5.41) is 6.10. The normalized spacial score (nSPS) is 22.8. The quantitative estimate of drug-likeness (QED) is 0.873. The summed E-state index contributed by atoms with van der Waals surface area (Å²) in [6.45, 7) is 5.05. The van der Waals surface area contributed by atoms with Crippen molar-refractivity contribution in [2.75, 3.05) is 11.9 Å². The number of anilines is 1. The molecule has 1 aromatic heterocycles. The van der Waals surface area contributed by atoms with Crippen LogP contribution in [0.15, 0.2) is 12.4 Å². The van der Waals surface area contributed by atoms with Crippen LogP contribution in [0.4, 0.5) is 5.82 Å². The Kier molecular flexibility index (Phi) is 4.71. The second kappa shape index (κ2) is 6.50. The Hall–Kier alpha value is -1.65. The fraction of sp³-hybridized carbons (Fsp3) is 0.643. The number of aromatic nitrogens is 2. The van der Waals surface area contributed by atoms with Crippen LogP contribution in [0.25, 0.3) is 0 Å². The Morgan fingerprint density at radius 2 is 2.00 bits per heavy atom. The Bertz CT molecular complexity index is 410. The maximum Gasteiger partial charge on any atom is 0.271 e. The fourth-order valence-electron chi connectivity index (χ4n) is 2.38. The molecule has 0 saturated heterocycles. The van der Waals surface area contributed by atoms with Gasteiger partial charge in [-0.15, -0.1) is 0 Å². The van der Waals surface area contributed by atoms with Crippen molar-refractivity contribution in [1.82, 2.24) is 15.3 Å². The predicted molar refractivity (Wildman–Crippen MR) is 75.1 cm³/mol. The monoisotopic (exact) mass is 262 g/mol. The maximum atomic E-state index is 12.0. The average Bonchev–Trinajstić information content (AvgIpc) is 2.42. The minimum atomic E-state index is -0.116. The van der Waals surface area contributed by atoms with E-state index in [1.807, 2.05) is 6.92 Å². The Morgan fingerprint density at radius 1 is 1.26 bits per heavy atom. The molecule has 5 nitrogen and oxygen atoms in total. The van der Waals surface area contributed by atoms with Crippen molar-refractivity contribution in [2.24, 2.45) is 5.92 Å². The predicted octanol–water partition coefficient (Wildman–Crippen LogP) is 2.22. The number of amides is 1. The zero-order valence-corrected chi connectivity index (χ0v) is 11.6. The van der Waals surface area contributed by atoms with E-state index >= 15 is 0 Å². The van der Waals surface area contributed by atoms with E-state index in [2.05, 4.69) is 27.5 Å². The molecule has 0 spiro atoms. The van der Waals surface area contributed by atoms with Crippen LogP contribution in [0.3, 0.4) is 0 Å². The highest BCUT2D eigenvalue weighted by molar-refractivity contribution is 5.92. The first-order valence-corrected chi connectivity index (χ1v) is 7.05. The number of hydrogen-bond acceptors (Lipinski definition) is 4. The van der Waals surface area contributed by atoms with E-state index in [0.29, 0.717) is 17.6 Å². The van der Waals surface area contributed by atoms with Gasteiger partial charge in [0.25, 0.3) is 5.91 Å². The van der Waals surface area contributed by atoms with Gasteiger partial charge in [0.15, 0.2) is 0 Å². The summed E-state index contributed by atoms with van der Waals surface area (Å²) in [4.78, 5) is 20.3. The van der Waals surface area contributed by atoms with E-state index in [-0.39, 0.29) is 5.91 Å². The number of hydrogen-bond donors (Lipinski definition) is 2. The third-order valence-electron chi connectivity index (χ3n) is 3.59. The molecule has 2 rings (SSSR count). The standard InChI is InChI=1S/C14H22N4O/c1-3-15-13-9-16-12(8-17-13)14(19)18-11-6-4-10(2)5-7-11/h8-11H,3-7H2,1-2H3,(H,15,17)(H,18,19). The minimum absolute atomic E-state index is 0.116. The Labute approximate surface area is 114 Å². The highest BCUT2D eigenvalue weighted by Crippen LogP contribution is 2.23. The topological polar surface area (TPSA) is 66.9 Å². The molecule has 0 atom stereocenters. The molecule has 1 aliphatic rings. The number of nitrogens with one attached hydrogen (secondary N) is 2. The summed E-state index contributed by atoms with van der Waals surface area (Å²) in [5.41, 5.74) is 0.389. The van der Waals surface area contributed by atoms with Crippen LogP contribution in [-0.4, -0.2) is 28.5 Å². The van der Waals surface area contributed by atoms with Gasteiger partial charge in [-0.1, -0.05) is 6.92 Å². The number of nitrogens with zero attached hydrogens (tertiary/aromatic N) is 2. The van der Waals surface area contributed by atoms with E-state index < -0.39 is 0 Å². The van der Waals surface area contributed by atoms with Crippen LogP contribution >= 0.6 is 0 Å². The summed E-state index contributed by atoms with van der Waals surface area (Å²) >= 11 is 0. The van der Waals surface area contributed by atoms with Gasteiger partial charge in [-0.05, 0) is 38.5 Å².